The highest BCUT2D eigenvalue weighted by molar-refractivity contribution is 6.29. The molecule has 0 saturated carbocycles. The van der Waals surface area contributed by atoms with Crippen LogP contribution < -0.4 is 0 Å². The topological polar surface area (TPSA) is 66.3 Å². The molecule has 2 aromatic rings. The number of halogens is 1. The van der Waals surface area contributed by atoms with E-state index in [1.807, 2.05) is 0 Å². The molecule has 1 amide bonds. The first kappa shape index (κ1) is 13.3. The fraction of sp³-hybridized carbons (Fsp3) is 0.154. The number of para-hydroxylation sites is 1. The van der Waals surface area contributed by atoms with E-state index in [0.717, 1.165) is 0 Å². The molecule has 0 radical (unpaired) electrons. The molecule has 0 bridgehead atoms. The van der Waals surface area contributed by atoms with Gasteiger partial charge in [0.05, 0.1) is 0 Å². The molecule has 0 unspecified atom stereocenters. The van der Waals surface area contributed by atoms with Crippen LogP contribution in [0.3, 0.4) is 0 Å². The van der Waals surface area contributed by atoms with Crippen molar-refractivity contribution in [2.45, 2.75) is 6.54 Å². The second-order valence-electron chi connectivity index (χ2n) is 4.03. The third-order valence-corrected chi connectivity index (χ3v) is 2.80. The van der Waals surface area contributed by atoms with E-state index < -0.39 is 0 Å². The molecule has 98 valence electrons. The molecule has 0 atom stereocenters. The number of phenolic OH excluding ortho intramolecular Hbond substituents is 1. The molecule has 0 saturated heterocycles. The quantitative estimate of drug-likeness (QED) is 0.933. The van der Waals surface area contributed by atoms with E-state index in [-0.39, 0.29) is 29.0 Å². The van der Waals surface area contributed by atoms with Crippen molar-refractivity contribution in [2.75, 3.05) is 7.05 Å². The van der Waals surface area contributed by atoms with Crippen LogP contribution in [0.5, 0.6) is 5.75 Å². The molecule has 5 nitrogen and oxygen atoms in total. The summed E-state index contributed by atoms with van der Waals surface area (Å²) in [6, 6.07) is 9.89. The second kappa shape index (κ2) is 5.67. The van der Waals surface area contributed by atoms with E-state index in [4.69, 9.17) is 11.6 Å². The number of rotatable bonds is 3. The first-order valence-electron chi connectivity index (χ1n) is 5.59. The number of hydrogen-bond acceptors (Lipinski definition) is 4. The van der Waals surface area contributed by atoms with Crippen LogP contribution in [0.1, 0.15) is 16.1 Å². The van der Waals surface area contributed by atoms with E-state index in [2.05, 4.69) is 10.2 Å². The van der Waals surface area contributed by atoms with Crippen LogP contribution >= 0.6 is 11.6 Å². The van der Waals surface area contributed by atoms with Crippen molar-refractivity contribution in [1.82, 2.24) is 15.1 Å². The summed E-state index contributed by atoms with van der Waals surface area (Å²) in [7, 11) is 1.63. The van der Waals surface area contributed by atoms with Gasteiger partial charge in [-0.2, -0.15) is 0 Å². The number of nitrogens with zero attached hydrogens (tertiary/aromatic N) is 3. The van der Waals surface area contributed by atoms with E-state index in [0.29, 0.717) is 5.56 Å². The first-order chi connectivity index (χ1) is 9.08. The van der Waals surface area contributed by atoms with Gasteiger partial charge in [-0.25, -0.2) is 0 Å². The van der Waals surface area contributed by atoms with Crippen molar-refractivity contribution in [3.63, 3.8) is 0 Å². The SMILES string of the molecule is CN(Cc1ccccc1O)C(=O)c1ccc(Cl)nn1. The molecule has 19 heavy (non-hydrogen) atoms. The van der Waals surface area contributed by atoms with Crippen LogP contribution in [0.4, 0.5) is 0 Å². The number of hydrogen-bond donors (Lipinski definition) is 1. The Labute approximate surface area is 115 Å². The third kappa shape index (κ3) is 3.20. The number of phenols is 1. The van der Waals surface area contributed by atoms with Crippen molar-refractivity contribution >= 4 is 17.5 Å². The molecule has 1 aromatic heterocycles. The average Bonchev–Trinajstić information content (AvgIpc) is 2.41. The highest BCUT2D eigenvalue weighted by Gasteiger charge is 2.15. The number of aromatic hydroxyl groups is 1. The summed E-state index contributed by atoms with van der Waals surface area (Å²) in [5, 5.41) is 17.3. The van der Waals surface area contributed by atoms with Crippen molar-refractivity contribution < 1.29 is 9.90 Å². The van der Waals surface area contributed by atoms with Crippen molar-refractivity contribution in [2.24, 2.45) is 0 Å². The van der Waals surface area contributed by atoms with Gasteiger partial charge in [0.15, 0.2) is 10.8 Å². The molecule has 0 aliphatic heterocycles. The standard InChI is InChI=1S/C13H12ClN3O2/c1-17(8-9-4-2-3-5-11(9)18)13(19)10-6-7-12(14)16-15-10/h2-7,18H,8H2,1H3. The zero-order valence-corrected chi connectivity index (χ0v) is 11.0. The summed E-state index contributed by atoms with van der Waals surface area (Å²) in [5.41, 5.74) is 0.877. The predicted octanol–water partition coefficient (Wildman–Crippen LogP) is 2.11. The number of carbonyl (C=O) groups is 1. The molecule has 1 aromatic carbocycles. The molecule has 0 fully saturated rings. The smallest absolute Gasteiger partial charge is 0.274 e. The van der Waals surface area contributed by atoms with E-state index in [1.165, 1.54) is 17.0 Å². The number of benzene rings is 1. The van der Waals surface area contributed by atoms with Crippen LogP contribution in [0.2, 0.25) is 5.15 Å². The van der Waals surface area contributed by atoms with Gasteiger partial charge in [0.2, 0.25) is 0 Å². The normalized spacial score (nSPS) is 10.2. The van der Waals surface area contributed by atoms with Gasteiger partial charge in [0, 0.05) is 19.2 Å². The summed E-state index contributed by atoms with van der Waals surface area (Å²) < 4.78 is 0. The lowest BCUT2D eigenvalue weighted by Crippen LogP contribution is -2.27. The maximum absolute atomic E-state index is 12.1. The van der Waals surface area contributed by atoms with Crippen LogP contribution in [0.15, 0.2) is 36.4 Å². The lowest BCUT2D eigenvalue weighted by molar-refractivity contribution is 0.0777. The van der Waals surface area contributed by atoms with Crippen molar-refractivity contribution in [3.05, 3.63) is 52.8 Å². The Morgan fingerprint density at radius 3 is 2.63 bits per heavy atom. The van der Waals surface area contributed by atoms with Gasteiger partial charge in [-0.1, -0.05) is 29.8 Å². The Kier molecular flexibility index (Phi) is 3.97. The molecule has 6 heteroatoms. The first-order valence-corrected chi connectivity index (χ1v) is 5.97. The Hall–Kier alpha value is -2.14. The lowest BCUT2D eigenvalue weighted by atomic mass is 10.2. The van der Waals surface area contributed by atoms with E-state index >= 15 is 0 Å². The molecular weight excluding hydrogens is 266 g/mol. The van der Waals surface area contributed by atoms with Gasteiger partial charge in [0.1, 0.15) is 5.75 Å². The zero-order chi connectivity index (χ0) is 13.8. The Morgan fingerprint density at radius 2 is 2.00 bits per heavy atom. The molecule has 1 N–H and O–H groups in total. The summed E-state index contributed by atoms with van der Waals surface area (Å²) in [5.74, 6) is -0.128. The molecule has 0 aliphatic rings. The fourth-order valence-electron chi connectivity index (χ4n) is 1.60. The fourth-order valence-corrected chi connectivity index (χ4v) is 1.70. The number of carbonyl (C=O) groups excluding carboxylic acids is 1. The van der Waals surface area contributed by atoms with Crippen molar-refractivity contribution in [1.29, 1.82) is 0 Å². The monoisotopic (exact) mass is 277 g/mol. The van der Waals surface area contributed by atoms with Gasteiger partial charge in [-0.15, -0.1) is 10.2 Å². The minimum Gasteiger partial charge on any atom is -0.508 e. The third-order valence-electron chi connectivity index (χ3n) is 2.60. The largest absolute Gasteiger partial charge is 0.508 e. The van der Waals surface area contributed by atoms with Crippen LogP contribution in [0, 0.1) is 0 Å². The zero-order valence-electron chi connectivity index (χ0n) is 10.2. The summed E-state index contributed by atoms with van der Waals surface area (Å²) in [4.78, 5) is 13.5. The van der Waals surface area contributed by atoms with Gasteiger partial charge in [-0.05, 0) is 18.2 Å². The summed E-state index contributed by atoms with van der Waals surface area (Å²) >= 11 is 5.61. The minimum atomic E-state index is -0.285. The predicted molar refractivity (Wildman–Crippen MR) is 70.9 cm³/mol. The van der Waals surface area contributed by atoms with Crippen LogP contribution in [-0.4, -0.2) is 33.2 Å². The van der Waals surface area contributed by atoms with Gasteiger partial charge >= 0.3 is 0 Å². The summed E-state index contributed by atoms with van der Waals surface area (Å²) in [6.45, 7) is 0.288. The molecule has 0 spiro atoms. The van der Waals surface area contributed by atoms with Gasteiger partial charge in [0.25, 0.3) is 5.91 Å². The Bertz CT molecular complexity index is 587. The van der Waals surface area contributed by atoms with Gasteiger partial charge in [-0.3, -0.25) is 4.79 Å². The maximum Gasteiger partial charge on any atom is 0.274 e. The van der Waals surface area contributed by atoms with E-state index in [9.17, 15) is 9.90 Å². The van der Waals surface area contributed by atoms with Crippen molar-refractivity contribution in [3.8, 4) is 5.75 Å². The Morgan fingerprint density at radius 1 is 1.26 bits per heavy atom. The summed E-state index contributed by atoms with van der Waals surface area (Å²) in [6.07, 6.45) is 0. The lowest BCUT2D eigenvalue weighted by Gasteiger charge is -2.17. The molecule has 1 heterocycles. The molecule has 2 rings (SSSR count). The minimum absolute atomic E-state index is 0.157. The number of aromatic nitrogens is 2. The Balaban J connectivity index is 2.12. The van der Waals surface area contributed by atoms with Crippen LogP contribution in [0.25, 0.3) is 0 Å². The highest BCUT2D eigenvalue weighted by atomic mass is 35.5. The average molecular weight is 278 g/mol. The second-order valence-corrected chi connectivity index (χ2v) is 4.42. The molecular formula is C13H12ClN3O2. The van der Waals surface area contributed by atoms with Gasteiger partial charge < -0.3 is 10.0 Å². The maximum atomic E-state index is 12.1. The van der Waals surface area contributed by atoms with E-state index in [1.54, 1.807) is 31.3 Å². The number of amides is 1. The van der Waals surface area contributed by atoms with Crippen LogP contribution in [-0.2, 0) is 6.54 Å². The highest BCUT2D eigenvalue weighted by Crippen LogP contribution is 2.17. The molecule has 0 aliphatic carbocycles.